The van der Waals surface area contributed by atoms with Crippen LogP contribution in [-0.2, 0) is 9.84 Å². The van der Waals surface area contributed by atoms with Gasteiger partial charge in [-0.1, -0.05) is 0 Å². The lowest BCUT2D eigenvalue weighted by Crippen LogP contribution is -2.41. The van der Waals surface area contributed by atoms with E-state index in [1.807, 2.05) is 25.4 Å². The van der Waals surface area contributed by atoms with Crippen molar-refractivity contribution in [2.45, 2.75) is 37.5 Å². The molecule has 4 heterocycles. The number of hydrogen-bond acceptors (Lipinski definition) is 7. The zero-order chi connectivity index (χ0) is 20.4. The standard InChI is InChI=1S/C21H29N5O2S/c1-16-13-23-21(24-14-16)26-11-7-18(8-12-26)17-5-9-25(10-6-17)20-4-3-19(15-22-20)29(2,27)28/h3-4,13-15,17-18H,5-12H2,1-2H3. The SMILES string of the molecule is Cc1cnc(N2CCC(C3CCN(c4ccc(S(C)(=O)=O)cn4)CC3)CC2)nc1. The van der Waals surface area contributed by atoms with Gasteiger partial charge in [0.2, 0.25) is 5.95 Å². The molecule has 2 saturated heterocycles. The Labute approximate surface area is 173 Å². The van der Waals surface area contributed by atoms with Crippen molar-refractivity contribution >= 4 is 21.6 Å². The topological polar surface area (TPSA) is 79.3 Å². The van der Waals surface area contributed by atoms with Gasteiger partial charge in [0.05, 0.1) is 4.90 Å². The molecule has 0 radical (unpaired) electrons. The molecule has 0 atom stereocenters. The van der Waals surface area contributed by atoms with Crippen molar-refractivity contribution < 1.29 is 8.42 Å². The molecule has 0 spiro atoms. The third-order valence-electron chi connectivity index (χ3n) is 6.27. The summed E-state index contributed by atoms with van der Waals surface area (Å²) in [4.78, 5) is 18.2. The fourth-order valence-corrected chi connectivity index (χ4v) is 5.06. The van der Waals surface area contributed by atoms with Gasteiger partial charge in [-0.3, -0.25) is 0 Å². The molecule has 2 aromatic heterocycles. The highest BCUT2D eigenvalue weighted by molar-refractivity contribution is 7.90. The molecule has 2 aliphatic heterocycles. The number of rotatable bonds is 4. The van der Waals surface area contributed by atoms with Crippen LogP contribution in [0.15, 0.2) is 35.6 Å². The summed E-state index contributed by atoms with van der Waals surface area (Å²) in [7, 11) is -3.19. The van der Waals surface area contributed by atoms with Crippen molar-refractivity contribution in [1.29, 1.82) is 0 Å². The number of hydrogen-bond donors (Lipinski definition) is 0. The maximum Gasteiger partial charge on any atom is 0.225 e. The molecule has 4 rings (SSSR count). The average molecular weight is 416 g/mol. The summed E-state index contributed by atoms with van der Waals surface area (Å²) in [6, 6.07) is 3.49. The Morgan fingerprint density at radius 3 is 1.86 bits per heavy atom. The number of anilines is 2. The molecule has 0 aromatic carbocycles. The van der Waals surface area contributed by atoms with E-state index in [1.165, 1.54) is 38.1 Å². The smallest absolute Gasteiger partial charge is 0.225 e. The summed E-state index contributed by atoms with van der Waals surface area (Å²) in [5, 5.41) is 0. The van der Waals surface area contributed by atoms with Crippen molar-refractivity contribution in [1.82, 2.24) is 15.0 Å². The van der Waals surface area contributed by atoms with Crippen LogP contribution in [0.25, 0.3) is 0 Å². The van der Waals surface area contributed by atoms with Crippen molar-refractivity contribution in [3.8, 4) is 0 Å². The average Bonchev–Trinajstić information content (AvgIpc) is 2.74. The number of sulfone groups is 1. The second-order valence-electron chi connectivity index (χ2n) is 8.33. The van der Waals surface area contributed by atoms with E-state index in [-0.39, 0.29) is 4.90 Å². The molecule has 7 nitrogen and oxygen atoms in total. The van der Waals surface area contributed by atoms with Gasteiger partial charge < -0.3 is 9.80 Å². The van der Waals surface area contributed by atoms with E-state index >= 15 is 0 Å². The van der Waals surface area contributed by atoms with Gasteiger partial charge in [-0.25, -0.2) is 23.4 Å². The first kappa shape index (κ1) is 20.1. The minimum absolute atomic E-state index is 0.278. The van der Waals surface area contributed by atoms with E-state index < -0.39 is 9.84 Å². The lowest BCUT2D eigenvalue weighted by molar-refractivity contribution is 0.232. The zero-order valence-electron chi connectivity index (χ0n) is 17.2. The van der Waals surface area contributed by atoms with Gasteiger partial charge in [0.25, 0.3) is 0 Å². The normalized spacial score (nSPS) is 19.5. The molecule has 0 unspecified atom stereocenters. The molecule has 0 bridgehead atoms. The summed E-state index contributed by atoms with van der Waals surface area (Å²) in [5.74, 6) is 3.25. The van der Waals surface area contributed by atoms with Gasteiger partial charge in [-0.05, 0) is 62.1 Å². The van der Waals surface area contributed by atoms with E-state index in [9.17, 15) is 8.42 Å². The van der Waals surface area contributed by atoms with Gasteiger partial charge in [0.15, 0.2) is 9.84 Å². The molecular weight excluding hydrogens is 386 g/mol. The molecule has 2 aliphatic rings. The Balaban J connectivity index is 1.28. The lowest BCUT2D eigenvalue weighted by Gasteiger charge is -2.40. The fourth-order valence-electron chi connectivity index (χ4n) is 4.50. The molecule has 0 saturated carbocycles. The van der Waals surface area contributed by atoms with Crippen LogP contribution in [0.4, 0.5) is 11.8 Å². The lowest BCUT2D eigenvalue weighted by atomic mass is 9.79. The van der Waals surface area contributed by atoms with Crippen LogP contribution in [0.1, 0.15) is 31.2 Å². The monoisotopic (exact) mass is 415 g/mol. The number of nitrogens with zero attached hydrogens (tertiary/aromatic N) is 5. The van der Waals surface area contributed by atoms with Crippen LogP contribution in [-0.4, -0.2) is 55.8 Å². The number of aromatic nitrogens is 3. The van der Waals surface area contributed by atoms with Gasteiger partial charge >= 0.3 is 0 Å². The van der Waals surface area contributed by atoms with Crippen molar-refractivity contribution in [2.24, 2.45) is 11.8 Å². The summed E-state index contributed by atoms with van der Waals surface area (Å²) in [6.07, 6.45) is 11.2. The Morgan fingerprint density at radius 1 is 0.828 bits per heavy atom. The second-order valence-corrected chi connectivity index (χ2v) is 10.3. The summed E-state index contributed by atoms with van der Waals surface area (Å²) < 4.78 is 23.2. The van der Waals surface area contributed by atoms with Gasteiger partial charge in [-0.15, -0.1) is 0 Å². The highest BCUT2D eigenvalue weighted by Crippen LogP contribution is 2.34. The van der Waals surface area contributed by atoms with Crippen molar-refractivity contribution in [3.63, 3.8) is 0 Å². The van der Waals surface area contributed by atoms with Gasteiger partial charge in [0, 0.05) is 51.0 Å². The molecule has 0 aliphatic carbocycles. The minimum atomic E-state index is -3.19. The van der Waals surface area contributed by atoms with Crippen LogP contribution < -0.4 is 9.80 Å². The maximum absolute atomic E-state index is 11.6. The van der Waals surface area contributed by atoms with Gasteiger partial charge in [-0.2, -0.15) is 0 Å². The number of pyridine rings is 1. The highest BCUT2D eigenvalue weighted by atomic mass is 32.2. The first-order chi connectivity index (χ1) is 13.9. The molecule has 0 N–H and O–H groups in total. The maximum atomic E-state index is 11.6. The quantitative estimate of drug-likeness (QED) is 0.759. The summed E-state index contributed by atoms with van der Waals surface area (Å²) >= 11 is 0. The van der Waals surface area contributed by atoms with Crippen LogP contribution in [0.5, 0.6) is 0 Å². The third kappa shape index (κ3) is 4.69. The van der Waals surface area contributed by atoms with Crippen LogP contribution >= 0.6 is 0 Å². The highest BCUT2D eigenvalue weighted by Gasteiger charge is 2.30. The molecule has 0 amide bonds. The summed E-state index contributed by atoms with van der Waals surface area (Å²) in [6.45, 7) is 6.04. The first-order valence-electron chi connectivity index (χ1n) is 10.3. The molecule has 2 aromatic rings. The van der Waals surface area contributed by atoms with Gasteiger partial charge in [0.1, 0.15) is 5.82 Å². The number of aryl methyl sites for hydroxylation is 1. The van der Waals surface area contributed by atoms with E-state index in [4.69, 9.17) is 0 Å². The van der Waals surface area contributed by atoms with E-state index in [2.05, 4.69) is 24.8 Å². The Kier molecular flexibility index (Phi) is 5.72. The Hall–Kier alpha value is -2.22. The van der Waals surface area contributed by atoms with Crippen LogP contribution in [0.3, 0.4) is 0 Å². The molecule has 29 heavy (non-hydrogen) atoms. The van der Waals surface area contributed by atoms with Crippen LogP contribution in [0, 0.1) is 18.8 Å². The predicted molar refractivity (Wildman–Crippen MR) is 114 cm³/mol. The zero-order valence-corrected chi connectivity index (χ0v) is 18.0. The largest absolute Gasteiger partial charge is 0.357 e. The molecule has 8 heteroatoms. The Bertz CT molecular complexity index is 915. The number of piperidine rings is 2. The molecule has 2 fully saturated rings. The Morgan fingerprint density at radius 2 is 1.38 bits per heavy atom. The molecule has 156 valence electrons. The fraction of sp³-hybridized carbons (Fsp3) is 0.571. The predicted octanol–water partition coefficient (Wildman–Crippen LogP) is 2.72. The van der Waals surface area contributed by atoms with E-state index in [1.54, 1.807) is 6.07 Å². The van der Waals surface area contributed by atoms with Crippen LogP contribution in [0.2, 0.25) is 0 Å². The van der Waals surface area contributed by atoms with E-state index in [0.717, 1.165) is 55.3 Å². The minimum Gasteiger partial charge on any atom is -0.357 e. The van der Waals surface area contributed by atoms with E-state index in [0.29, 0.717) is 0 Å². The molecular formula is C21H29N5O2S. The first-order valence-corrected chi connectivity index (χ1v) is 12.2. The third-order valence-corrected chi connectivity index (χ3v) is 7.37. The second kappa shape index (κ2) is 8.26. The summed E-state index contributed by atoms with van der Waals surface area (Å²) in [5.41, 5.74) is 1.09. The van der Waals surface area contributed by atoms with Crippen molar-refractivity contribution in [3.05, 3.63) is 36.3 Å². The van der Waals surface area contributed by atoms with Crippen molar-refractivity contribution in [2.75, 3.05) is 42.2 Å².